The molecule has 0 radical (unpaired) electrons. The minimum Gasteiger partial charge on any atom is -0.494 e. The van der Waals surface area contributed by atoms with E-state index in [1.165, 1.54) is 26.5 Å². The lowest BCUT2D eigenvalue weighted by molar-refractivity contribution is -0.141. The number of amides is 8. The standard InChI is InChI=1S/C47H67N9O9S2/c1-4-65-32-17-15-31(16-18-32)25-33-41(59)52-34(24-30-12-7-5-8-13-30)43(61)55-40(29(2)3)45(63)53-35(26-38(49)57)42(60)54-36(46(64)56-23-11-14-37(56)44(62)50-22-21-48)28-66-67-47(27-39(58)51-33)19-9-6-10-20-47/h5,7-8,12-13,15-18,29,33-37,40H,4,6,9-11,14,19-28,48H2,1-3H3,(H2,49,57)(H,50,62)(H,51,58)(H,52,59)(H,53,63)(H,54,60)(H,55,61)/t33-,34+,35+,36+,37+,40+/m1/s1. The van der Waals surface area contributed by atoms with Crippen molar-refractivity contribution >= 4 is 68.8 Å². The highest BCUT2D eigenvalue weighted by atomic mass is 33.1. The first-order chi connectivity index (χ1) is 32.1. The van der Waals surface area contributed by atoms with Gasteiger partial charge in [0.05, 0.1) is 13.0 Å². The van der Waals surface area contributed by atoms with Gasteiger partial charge < -0.3 is 53.0 Å². The van der Waals surface area contributed by atoms with Crippen LogP contribution in [0.3, 0.4) is 0 Å². The van der Waals surface area contributed by atoms with Crippen molar-refractivity contribution in [2.45, 2.75) is 132 Å². The number of benzene rings is 2. The van der Waals surface area contributed by atoms with Crippen LogP contribution in [-0.2, 0) is 51.2 Å². The zero-order chi connectivity index (χ0) is 48.5. The summed E-state index contributed by atoms with van der Waals surface area (Å²) in [7, 11) is 2.74. The molecule has 366 valence electrons. The fourth-order valence-electron chi connectivity index (χ4n) is 8.64. The van der Waals surface area contributed by atoms with Gasteiger partial charge in [-0.2, -0.15) is 0 Å². The van der Waals surface area contributed by atoms with Crippen LogP contribution >= 0.6 is 21.6 Å². The first kappa shape index (κ1) is 52.6. The largest absolute Gasteiger partial charge is 0.494 e. The summed E-state index contributed by atoms with van der Waals surface area (Å²) < 4.78 is 5.01. The lowest BCUT2D eigenvalue weighted by atomic mass is 9.85. The fourth-order valence-corrected chi connectivity index (χ4v) is 12.0. The van der Waals surface area contributed by atoms with Crippen molar-refractivity contribution in [1.82, 2.24) is 36.8 Å². The summed E-state index contributed by atoms with van der Waals surface area (Å²) in [6.45, 7) is 6.37. The molecule has 2 aromatic rings. The number of carbonyl (C=O) groups excluding carboxylic acids is 8. The molecule has 5 rings (SSSR count). The second kappa shape index (κ2) is 25.7. The number of ether oxygens (including phenoxy) is 1. The Morgan fingerprint density at radius 1 is 0.806 bits per heavy atom. The maximum absolute atomic E-state index is 14.5. The van der Waals surface area contributed by atoms with Crippen molar-refractivity contribution < 1.29 is 43.1 Å². The van der Waals surface area contributed by atoms with Crippen LogP contribution in [0.1, 0.15) is 89.7 Å². The Balaban J connectivity index is 1.54. The first-order valence-corrected chi connectivity index (χ1v) is 25.6. The number of carbonyl (C=O) groups is 8. The zero-order valence-corrected chi connectivity index (χ0v) is 40.3. The van der Waals surface area contributed by atoms with E-state index in [0.717, 1.165) is 24.8 Å². The van der Waals surface area contributed by atoms with Gasteiger partial charge in [-0.05, 0) is 61.8 Å². The number of likely N-dealkylation sites (tertiary alicyclic amines) is 1. The van der Waals surface area contributed by atoms with Crippen molar-refractivity contribution in [3.63, 3.8) is 0 Å². The van der Waals surface area contributed by atoms with Gasteiger partial charge in [0.1, 0.15) is 42.0 Å². The van der Waals surface area contributed by atoms with E-state index in [2.05, 4.69) is 31.9 Å². The van der Waals surface area contributed by atoms with E-state index in [1.54, 1.807) is 50.2 Å². The highest BCUT2D eigenvalue weighted by Crippen LogP contribution is 2.48. The van der Waals surface area contributed by atoms with Gasteiger partial charge in [-0.15, -0.1) is 0 Å². The van der Waals surface area contributed by atoms with Gasteiger partial charge in [0.15, 0.2) is 0 Å². The van der Waals surface area contributed by atoms with Gasteiger partial charge >= 0.3 is 0 Å². The molecule has 1 spiro atoms. The van der Waals surface area contributed by atoms with E-state index in [0.29, 0.717) is 43.6 Å². The third-order valence-electron chi connectivity index (χ3n) is 12.1. The summed E-state index contributed by atoms with van der Waals surface area (Å²) in [6, 6.07) is 8.99. The van der Waals surface area contributed by atoms with E-state index in [1.807, 2.05) is 25.1 Å². The predicted molar refractivity (Wildman–Crippen MR) is 257 cm³/mol. The molecule has 20 heteroatoms. The number of primary amides is 1. The number of hydrogen-bond donors (Lipinski definition) is 8. The molecular formula is C47H67N9O9S2. The van der Waals surface area contributed by atoms with Gasteiger partial charge in [0.2, 0.25) is 47.3 Å². The Morgan fingerprint density at radius 2 is 1.43 bits per heavy atom. The van der Waals surface area contributed by atoms with Gasteiger partial charge in [0.25, 0.3) is 0 Å². The molecule has 2 heterocycles. The van der Waals surface area contributed by atoms with Crippen LogP contribution in [0.5, 0.6) is 5.75 Å². The minimum absolute atomic E-state index is 0.000261. The summed E-state index contributed by atoms with van der Waals surface area (Å²) in [5.74, 6) is -5.13. The Morgan fingerprint density at radius 3 is 2.07 bits per heavy atom. The third kappa shape index (κ3) is 15.6. The number of nitrogens with zero attached hydrogens (tertiary/aromatic N) is 1. The van der Waals surface area contributed by atoms with Crippen LogP contribution < -0.4 is 48.1 Å². The molecule has 2 aliphatic heterocycles. The Hall–Kier alpha value is -5.34. The molecule has 2 aromatic carbocycles. The Bertz CT molecular complexity index is 2040. The number of nitrogens with one attached hydrogen (secondary N) is 6. The molecular weight excluding hydrogens is 899 g/mol. The normalized spacial score (nSPS) is 24.7. The monoisotopic (exact) mass is 965 g/mol. The molecule has 6 atom stereocenters. The van der Waals surface area contributed by atoms with Crippen molar-refractivity contribution in [3.05, 3.63) is 65.7 Å². The van der Waals surface area contributed by atoms with Crippen molar-refractivity contribution in [2.24, 2.45) is 17.4 Å². The second-order valence-corrected chi connectivity index (χ2v) is 20.5. The summed E-state index contributed by atoms with van der Waals surface area (Å²) in [5, 5.41) is 16.8. The summed E-state index contributed by atoms with van der Waals surface area (Å²) in [6.07, 6.45) is 4.43. The van der Waals surface area contributed by atoms with E-state index in [4.69, 9.17) is 16.2 Å². The highest BCUT2D eigenvalue weighted by molar-refractivity contribution is 8.77. The van der Waals surface area contributed by atoms with Crippen LogP contribution in [0.25, 0.3) is 0 Å². The summed E-state index contributed by atoms with van der Waals surface area (Å²) >= 11 is 0. The third-order valence-corrected chi connectivity index (χ3v) is 15.5. The molecule has 0 aromatic heterocycles. The number of rotatable bonds is 13. The summed E-state index contributed by atoms with van der Waals surface area (Å²) in [4.78, 5) is 113. The average molecular weight is 966 g/mol. The smallest absolute Gasteiger partial charge is 0.246 e. The Labute approximate surface area is 400 Å². The quantitative estimate of drug-likeness (QED) is 0.132. The maximum atomic E-state index is 14.5. The fraction of sp³-hybridized carbons (Fsp3) is 0.574. The SMILES string of the molecule is CCOc1ccc(C[C@H]2NC(=O)CC3(CCCCC3)SSC[C@@H](C(=O)N3CCC[C@H]3C(=O)NCCN)NC(=O)[C@H](CC(N)=O)NC(=O)[C@H](C(C)C)NC(=O)[C@H](Cc3ccccc3)NC2=O)cc1. The van der Waals surface area contributed by atoms with Crippen LogP contribution in [0, 0.1) is 5.92 Å². The molecule has 67 heavy (non-hydrogen) atoms. The maximum Gasteiger partial charge on any atom is 0.246 e. The topological polar surface area (TPSA) is 273 Å². The second-order valence-electron chi connectivity index (χ2n) is 17.7. The van der Waals surface area contributed by atoms with Crippen LogP contribution in [0.15, 0.2) is 54.6 Å². The lowest BCUT2D eigenvalue weighted by Gasteiger charge is -2.37. The molecule has 2 saturated heterocycles. The van der Waals surface area contributed by atoms with Crippen molar-refractivity contribution in [2.75, 3.05) is 32.0 Å². The number of hydrogen-bond acceptors (Lipinski definition) is 12. The molecule has 3 aliphatic rings. The van der Waals surface area contributed by atoms with Crippen LogP contribution in [0.2, 0.25) is 0 Å². The highest BCUT2D eigenvalue weighted by Gasteiger charge is 2.42. The lowest BCUT2D eigenvalue weighted by Crippen LogP contribution is -2.61. The molecule has 18 nitrogen and oxygen atoms in total. The Kier molecular flexibility index (Phi) is 20.2. The molecule has 10 N–H and O–H groups in total. The van der Waals surface area contributed by atoms with Gasteiger partial charge in [-0.3, -0.25) is 38.4 Å². The molecule has 1 saturated carbocycles. The molecule has 0 bridgehead atoms. The first-order valence-electron chi connectivity index (χ1n) is 23.3. The molecule has 1 aliphatic carbocycles. The van der Waals surface area contributed by atoms with Gasteiger partial charge in [0, 0.05) is 49.4 Å². The summed E-state index contributed by atoms with van der Waals surface area (Å²) in [5.41, 5.74) is 12.7. The number of nitrogens with two attached hydrogens (primary N) is 2. The van der Waals surface area contributed by atoms with Crippen LogP contribution in [-0.4, -0.2) is 125 Å². The van der Waals surface area contributed by atoms with Gasteiger partial charge in [-0.25, -0.2) is 0 Å². The van der Waals surface area contributed by atoms with E-state index < -0.39 is 88.8 Å². The molecule has 0 unspecified atom stereocenters. The predicted octanol–water partition coefficient (Wildman–Crippen LogP) is 1.38. The molecule has 8 amide bonds. The van der Waals surface area contributed by atoms with E-state index >= 15 is 0 Å². The van der Waals surface area contributed by atoms with Crippen molar-refractivity contribution in [3.8, 4) is 5.75 Å². The average Bonchev–Trinajstić information content (AvgIpc) is 3.80. The van der Waals surface area contributed by atoms with Crippen LogP contribution in [0.4, 0.5) is 0 Å². The van der Waals surface area contributed by atoms with Crippen molar-refractivity contribution in [1.29, 1.82) is 0 Å². The van der Waals surface area contributed by atoms with E-state index in [-0.39, 0.29) is 56.5 Å². The zero-order valence-electron chi connectivity index (χ0n) is 38.6. The molecule has 3 fully saturated rings. The van der Waals surface area contributed by atoms with Gasteiger partial charge in [-0.1, -0.05) is 97.2 Å². The van der Waals surface area contributed by atoms with E-state index in [9.17, 15) is 38.4 Å². The minimum atomic E-state index is -1.56.